The van der Waals surface area contributed by atoms with Crippen LogP contribution in [0.4, 0.5) is 0 Å². The maximum atomic E-state index is 13.9. The monoisotopic (exact) mass is 463 g/mol. The minimum absolute atomic E-state index is 0.222. The molecule has 0 amide bonds. The lowest BCUT2D eigenvalue weighted by Gasteiger charge is -2.27. The molecule has 1 aliphatic carbocycles. The largest absolute Gasteiger partial charge is 0.290 e. The van der Waals surface area contributed by atoms with Gasteiger partial charge in [0.2, 0.25) is 5.78 Å². The summed E-state index contributed by atoms with van der Waals surface area (Å²) in [6.45, 7) is 0. The van der Waals surface area contributed by atoms with Crippen LogP contribution < -0.4 is 15.9 Å². The molecule has 170 valence electrons. The van der Waals surface area contributed by atoms with E-state index in [1.807, 2.05) is 0 Å². The Morgan fingerprint density at radius 1 is 0.588 bits per heavy atom. The maximum absolute atomic E-state index is 13.9. The van der Waals surface area contributed by atoms with Crippen molar-refractivity contribution in [2.24, 2.45) is 0 Å². The number of benzene rings is 4. The molecule has 0 saturated heterocycles. The summed E-state index contributed by atoms with van der Waals surface area (Å²) >= 11 is 0. The quantitative estimate of drug-likeness (QED) is 0.215. The van der Waals surface area contributed by atoms with Crippen LogP contribution in [0.3, 0.4) is 0 Å². The summed E-state index contributed by atoms with van der Waals surface area (Å²) in [5.74, 6) is 0.877. The van der Waals surface area contributed by atoms with Crippen molar-refractivity contribution in [3.05, 3.63) is 126 Å². The molecule has 0 aliphatic heterocycles. The number of carbonyl (C=O) groups is 1. The van der Waals surface area contributed by atoms with Crippen LogP contribution in [0.1, 0.15) is 53.9 Å². The Hall–Kier alpha value is -3.02. The van der Waals surface area contributed by atoms with Crippen molar-refractivity contribution < 1.29 is 4.79 Å². The highest BCUT2D eigenvalue weighted by Gasteiger charge is 2.47. The van der Waals surface area contributed by atoms with E-state index in [4.69, 9.17) is 0 Å². The molecule has 0 N–H and O–H groups in total. The molecular weight excluding hydrogens is 431 g/mol. The number of ketones is 1. The lowest BCUT2D eigenvalue weighted by atomic mass is 9.84. The molecule has 1 fully saturated rings. The molecule has 4 aromatic rings. The zero-order valence-electron chi connectivity index (χ0n) is 19.6. The van der Waals surface area contributed by atoms with E-state index in [1.165, 1.54) is 53.6 Å². The fourth-order valence-corrected chi connectivity index (χ4v) is 9.55. The van der Waals surface area contributed by atoms with Gasteiger partial charge in [-0.3, -0.25) is 4.79 Å². The Balaban J connectivity index is 1.55. The first-order valence-corrected chi connectivity index (χ1v) is 14.4. The molecule has 0 atom stereocenters. The summed E-state index contributed by atoms with van der Waals surface area (Å²) < 4.78 is 0. The third-order valence-corrected chi connectivity index (χ3v) is 11.6. The number of Topliss-reactive ketones (excluding diaryl/α,β-unsaturated/α-hetero) is 1. The fraction of sp³-hybridized carbons (Fsp3) is 0.219. The minimum Gasteiger partial charge on any atom is -0.290 e. The van der Waals surface area contributed by atoms with E-state index in [2.05, 4.69) is 115 Å². The molecule has 0 spiro atoms. The van der Waals surface area contributed by atoms with Crippen LogP contribution in [-0.2, 0) is 0 Å². The number of rotatable bonds is 7. The van der Waals surface area contributed by atoms with Crippen molar-refractivity contribution in [2.45, 2.75) is 38.0 Å². The Morgan fingerprint density at radius 2 is 1.03 bits per heavy atom. The first-order valence-electron chi connectivity index (χ1n) is 12.5. The molecule has 0 heterocycles. The van der Waals surface area contributed by atoms with Gasteiger partial charge in [0.1, 0.15) is 29.3 Å². The highest BCUT2D eigenvalue weighted by Crippen LogP contribution is 2.55. The van der Waals surface area contributed by atoms with E-state index >= 15 is 0 Å². The zero-order valence-corrected chi connectivity index (χ0v) is 20.5. The molecule has 0 radical (unpaired) electrons. The van der Waals surface area contributed by atoms with Crippen molar-refractivity contribution in [1.82, 2.24) is 0 Å². The Labute approximate surface area is 204 Å². The van der Waals surface area contributed by atoms with E-state index in [0.717, 1.165) is 5.56 Å². The lowest BCUT2D eigenvalue weighted by molar-refractivity contribution is 0.102. The smallest absolute Gasteiger partial charge is 0.201 e. The molecule has 2 heteroatoms. The van der Waals surface area contributed by atoms with E-state index in [-0.39, 0.29) is 5.78 Å². The average Bonchev–Trinajstić information content (AvgIpc) is 2.94. The zero-order chi connectivity index (χ0) is 23.2. The van der Waals surface area contributed by atoms with Gasteiger partial charge in [0, 0.05) is 5.56 Å². The average molecular weight is 464 g/mol. The third kappa shape index (κ3) is 4.63. The number of hydrogen-bond acceptors (Lipinski definition) is 1. The van der Waals surface area contributed by atoms with Crippen molar-refractivity contribution >= 4 is 29.0 Å². The van der Waals surface area contributed by atoms with Gasteiger partial charge in [0.15, 0.2) is 0 Å². The summed E-state index contributed by atoms with van der Waals surface area (Å²) in [7, 11) is -2.16. The maximum Gasteiger partial charge on any atom is 0.201 e. The summed E-state index contributed by atoms with van der Waals surface area (Å²) in [4.78, 5) is 13.9. The van der Waals surface area contributed by atoms with Gasteiger partial charge < -0.3 is 0 Å². The second-order valence-electron chi connectivity index (χ2n) is 9.35. The van der Waals surface area contributed by atoms with Gasteiger partial charge in [0.25, 0.3) is 0 Å². The molecule has 5 rings (SSSR count). The van der Waals surface area contributed by atoms with Gasteiger partial charge >= 0.3 is 0 Å². The second-order valence-corrected chi connectivity index (χ2v) is 12.8. The Bertz CT molecular complexity index is 1100. The SMILES string of the molecule is O=C(C[P+](c1ccccc1)(c1ccccc1)c1ccccc1)c1ccc(C2CCCCC2)cc1. The van der Waals surface area contributed by atoms with E-state index < -0.39 is 7.26 Å². The minimum atomic E-state index is -2.16. The van der Waals surface area contributed by atoms with Crippen LogP contribution in [-0.4, -0.2) is 11.9 Å². The lowest BCUT2D eigenvalue weighted by Crippen LogP contribution is -2.35. The van der Waals surface area contributed by atoms with Crippen molar-refractivity contribution in [2.75, 3.05) is 6.16 Å². The van der Waals surface area contributed by atoms with Crippen LogP contribution in [0.2, 0.25) is 0 Å². The van der Waals surface area contributed by atoms with E-state index in [0.29, 0.717) is 12.1 Å². The van der Waals surface area contributed by atoms with Crippen LogP contribution in [0, 0.1) is 0 Å². The molecular formula is C32H32OP+. The topological polar surface area (TPSA) is 17.1 Å². The second kappa shape index (κ2) is 10.5. The van der Waals surface area contributed by atoms with Gasteiger partial charge in [0.05, 0.1) is 0 Å². The first-order chi connectivity index (χ1) is 16.8. The van der Waals surface area contributed by atoms with E-state index in [1.54, 1.807) is 0 Å². The Kier molecular flexibility index (Phi) is 7.02. The van der Waals surface area contributed by atoms with Crippen LogP contribution in [0.5, 0.6) is 0 Å². The third-order valence-electron chi connectivity index (χ3n) is 7.28. The van der Waals surface area contributed by atoms with Crippen LogP contribution in [0.25, 0.3) is 0 Å². The van der Waals surface area contributed by atoms with Crippen LogP contribution in [0.15, 0.2) is 115 Å². The van der Waals surface area contributed by atoms with E-state index in [9.17, 15) is 4.79 Å². The summed E-state index contributed by atoms with van der Waals surface area (Å²) in [6, 6.07) is 40.5. The highest BCUT2D eigenvalue weighted by molar-refractivity contribution is 7.96. The summed E-state index contributed by atoms with van der Waals surface area (Å²) in [5, 5.41) is 3.75. The highest BCUT2D eigenvalue weighted by atomic mass is 31.2. The standard InChI is InChI=1S/C32H32OP/c33-32(28-23-21-27(22-24-28)26-13-5-1-6-14-26)25-34(29-15-7-2-8-16-29,30-17-9-3-10-18-30)31-19-11-4-12-20-31/h2-4,7-12,15-24,26H,1,5-6,13-14,25H2/q+1. The Morgan fingerprint density at radius 3 is 1.47 bits per heavy atom. The van der Waals surface area contributed by atoms with Crippen LogP contribution >= 0.6 is 7.26 Å². The number of hydrogen-bond donors (Lipinski definition) is 0. The predicted molar refractivity (Wildman–Crippen MR) is 147 cm³/mol. The molecule has 1 nitrogen and oxygen atoms in total. The first kappa shape index (κ1) is 22.8. The summed E-state index contributed by atoms with van der Waals surface area (Å²) in [6.07, 6.45) is 7.05. The fourth-order valence-electron chi connectivity index (χ4n) is 5.45. The molecule has 4 aromatic carbocycles. The number of carbonyl (C=O) groups excluding carboxylic acids is 1. The molecule has 34 heavy (non-hydrogen) atoms. The van der Waals surface area contributed by atoms with Gasteiger partial charge in [-0.1, -0.05) is 98.1 Å². The van der Waals surface area contributed by atoms with Gasteiger partial charge in [-0.05, 0) is 60.7 Å². The van der Waals surface area contributed by atoms with Crippen molar-refractivity contribution in [3.63, 3.8) is 0 Å². The normalized spacial score (nSPS) is 14.6. The molecule has 0 unspecified atom stereocenters. The van der Waals surface area contributed by atoms with Gasteiger partial charge in [-0.2, -0.15) is 0 Å². The molecule has 1 aliphatic rings. The van der Waals surface area contributed by atoms with Crippen molar-refractivity contribution in [1.29, 1.82) is 0 Å². The molecule has 0 bridgehead atoms. The van der Waals surface area contributed by atoms with Gasteiger partial charge in [-0.15, -0.1) is 0 Å². The molecule has 0 aromatic heterocycles. The van der Waals surface area contributed by atoms with Crippen molar-refractivity contribution in [3.8, 4) is 0 Å². The molecule has 1 saturated carbocycles. The summed E-state index contributed by atoms with van der Waals surface area (Å²) in [5.41, 5.74) is 2.22. The van der Waals surface area contributed by atoms with Gasteiger partial charge in [-0.25, -0.2) is 0 Å². The predicted octanol–water partition coefficient (Wildman–Crippen LogP) is 6.91.